The molecule has 5 nitrogen and oxygen atoms in total. The van der Waals surface area contributed by atoms with Crippen LogP contribution in [0.1, 0.15) is 39.5 Å². The van der Waals surface area contributed by atoms with Gasteiger partial charge in [-0.25, -0.2) is 0 Å². The van der Waals surface area contributed by atoms with Crippen molar-refractivity contribution in [3.8, 4) is 0 Å². The lowest BCUT2D eigenvalue weighted by molar-refractivity contribution is -0.127. The number of hydrogen-bond donors (Lipinski definition) is 2. The number of unbranched alkanes of at least 4 members (excludes halogenated alkanes) is 1. The van der Waals surface area contributed by atoms with E-state index in [2.05, 4.69) is 28.5 Å². The van der Waals surface area contributed by atoms with Crippen molar-refractivity contribution in [3.05, 3.63) is 42.5 Å². The third kappa shape index (κ3) is 5.10. The van der Waals surface area contributed by atoms with Crippen molar-refractivity contribution in [3.63, 3.8) is 0 Å². The molecule has 1 saturated heterocycles. The number of benzene rings is 2. The Balaban J connectivity index is 1.50. The molecular weight excluding hydrogens is 350 g/mol. The smallest absolute Gasteiger partial charge is 0.241 e. The number of likely N-dealkylation sites (tertiary alicyclic amines) is 1. The minimum absolute atomic E-state index is 0.00104. The number of anilines is 1. The molecule has 3 rings (SSSR count). The third-order valence-electron chi connectivity index (χ3n) is 5.67. The highest BCUT2D eigenvalue weighted by molar-refractivity contribution is 5.97. The van der Waals surface area contributed by atoms with E-state index in [9.17, 15) is 9.59 Å². The van der Waals surface area contributed by atoms with Crippen molar-refractivity contribution in [2.24, 2.45) is 5.92 Å². The maximum atomic E-state index is 12.7. The molecule has 1 heterocycles. The molecule has 150 valence electrons. The predicted octanol–water partition coefficient (Wildman–Crippen LogP) is 3.80. The predicted molar refractivity (Wildman–Crippen MR) is 114 cm³/mol. The Hall–Kier alpha value is -2.40. The zero-order chi connectivity index (χ0) is 19.9. The molecule has 5 heteroatoms. The first-order valence-corrected chi connectivity index (χ1v) is 10.4. The van der Waals surface area contributed by atoms with Gasteiger partial charge in [0.2, 0.25) is 11.8 Å². The van der Waals surface area contributed by atoms with E-state index in [4.69, 9.17) is 0 Å². The van der Waals surface area contributed by atoms with Gasteiger partial charge in [0.15, 0.2) is 0 Å². The zero-order valence-electron chi connectivity index (χ0n) is 16.9. The van der Waals surface area contributed by atoms with Gasteiger partial charge >= 0.3 is 0 Å². The molecule has 1 unspecified atom stereocenters. The molecule has 1 aliphatic rings. The second-order valence-electron chi connectivity index (χ2n) is 7.68. The van der Waals surface area contributed by atoms with E-state index in [1.807, 2.05) is 43.3 Å². The summed E-state index contributed by atoms with van der Waals surface area (Å²) in [5, 5.41) is 8.34. The Morgan fingerprint density at radius 3 is 2.54 bits per heavy atom. The second-order valence-corrected chi connectivity index (χ2v) is 7.68. The Morgan fingerprint density at radius 1 is 1.11 bits per heavy atom. The van der Waals surface area contributed by atoms with E-state index in [0.717, 1.165) is 61.8 Å². The molecule has 0 aliphatic carbocycles. The monoisotopic (exact) mass is 381 g/mol. The Morgan fingerprint density at radius 2 is 1.82 bits per heavy atom. The lowest BCUT2D eigenvalue weighted by Gasteiger charge is -2.34. The molecule has 2 aromatic carbocycles. The molecule has 1 fully saturated rings. The molecule has 2 aromatic rings. The van der Waals surface area contributed by atoms with Gasteiger partial charge < -0.3 is 10.6 Å². The van der Waals surface area contributed by atoms with Crippen molar-refractivity contribution in [2.75, 3.05) is 25.0 Å². The van der Waals surface area contributed by atoms with Gasteiger partial charge in [-0.1, -0.05) is 43.7 Å². The van der Waals surface area contributed by atoms with E-state index in [1.54, 1.807) is 0 Å². The van der Waals surface area contributed by atoms with E-state index >= 15 is 0 Å². The van der Waals surface area contributed by atoms with Crippen molar-refractivity contribution in [1.82, 2.24) is 10.2 Å². The number of carbonyl (C=O) groups excluding carboxylic acids is 2. The minimum Gasteiger partial charge on any atom is -0.356 e. The summed E-state index contributed by atoms with van der Waals surface area (Å²) in [4.78, 5) is 27.1. The van der Waals surface area contributed by atoms with Gasteiger partial charge in [0.05, 0.1) is 6.04 Å². The van der Waals surface area contributed by atoms with Crippen LogP contribution in [0.2, 0.25) is 0 Å². The summed E-state index contributed by atoms with van der Waals surface area (Å²) in [5.74, 6) is 0.242. The lowest BCUT2D eigenvalue weighted by atomic mass is 9.95. The van der Waals surface area contributed by atoms with Crippen LogP contribution >= 0.6 is 0 Å². The topological polar surface area (TPSA) is 61.4 Å². The average Bonchev–Trinajstić information content (AvgIpc) is 2.73. The number of fused-ring (bicyclic) bond motifs is 1. The summed E-state index contributed by atoms with van der Waals surface area (Å²) in [5.41, 5.74) is 0.820. The van der Waals surface area contributed by atoms with Crippen molar-refractivity contribution in [1.29, 1.82) is 0 Å². The summed E-state index contributed by atoms with van der Waals surface area (Å²) in [7, 11) is 0. The standard InChI is InChI=1S/C23H31N3O2/c1-3-4-13-24-23(28)19-11-14-26(15-12-19)17(2)22(27)25-21-10-9-18-7-5-6-8-20(18)16-21/h5-10,16-17,19H,3-4,11-15H2,1-2H3,(H,24,28)(H,25,27). The fourth-order valence-electron chi connectivity index (χ4n) is 3.76. The van der Waals surface area contributed by atoms with Gasteiger partial charge in [-0.3, -0.25) is 14.5 Å². The van der Waals surface area contributed by atoms with Gasteiger partial charge in [0.25, 0.3) is 0 Å². The quantitative estimate of drug-likeness (QED) is 0.717. The number of amides is 2. The van der Waals surface area contributed by atoms with Crippen LogP contribution < -0.4 is 10.6 Å². The summed E-state index contributed by atoms with van der Waals surface area (Å²) < 4.78 is 0. The van der Waals surface area contributed by atoms with Crippen LogP contribution in [0.15, 0.2) is 42.5 Å². The van der Waals surface area contributed by atoms with E-state index in [1.165, 1.54) is 0 Å². The second kappa shape index (κ2) is 9.69. The molecule has 0 bridgehead atoms. The molecule has 28 heavy (non-hydrogen) atoms. The normalized spacial score (nSPS) is 16.6. The highest BCUT2D eigenvalue weighted by Gasteiger charge is 2.29. The lowest BCUT2D eigenvalue weighted by Crippen LogP contribution is -2.48. The highest BCUT2D eigenvalue weighted by atomic mass is 16.2. The fraction of sp³-hybridized carbons (Fsp3) is 0.478. The van der Waals surface area contributed by atoms with Crippen LogP contribution in [-0.2, 0) is 9.59 Å². The largest absolute Gasteiger partial charge is 0.356 e. The number of rotatable bonds is 7. The van der Waals surface area contributed by atoms with Gasteiger partial charge in [-0.05, 0) is 62.2 Å². The van der Waals surface area contributed by atoms with Crippen LogP contribution in [-0.4, -0.2) is 42.4 Å². The van der Waals surface area contributed by atoms with Gasteiger partial charge in [0.1, 0.15) is 0 Å². The van der Waals surface area contributed by atoms with Crippen molar-refractivity contribution >= 4 is 28.3 Å². The maximum absolute atomic E-state index is 12.7. The molecule has 0 spiro atoms. The number of carbonyl (C=O) groups is 2. The summed E-state index contributed by atoms with van der Waals surface area (Å²) >= 11 is 0. The highest BCUT2D eigenvalue weighted by Crippen LogP contribution is 2.22. The molecule has 2 amide bonds. The average molecular weight is 382 g/mol. The molecular formula is C23H31N3O2. The van der Waals surface area contributed by atoms with Crippen LogP contribution in [0.5, 0.6) is 0 Å². The third-order valence-corrected chi connectivity index (χ3v) is 5.67. The van der Waals surface area contributed by atoms with E-state index in [-0.39, 0.29) is 23.8 Å². The van der Waals surface area contributed by atoms with Gasteiger partial charge in [-0.15, -0.1) is 0 Å². The summed E-state index contributed by atoms with van der Waals surface area (Å²) in [6, 6.07) is 13.9. The molecule has 2 N–H and O–H groups in total. The maximum Gasteiger partial charge on any atom is 0.241 e. The zero-order valence-corrected chi connectivity index (χ0v) is 16.9. The van der Waals surface area contributed by atoms with Crippen molar-refractivity contribution < 1.29 is 9.59 Å². The number of nitrogens with zero attached hydrogens (tertiary/aromatic N) is 1. The van der Waals surface area contributed by atoms with Crippen LogP contribution in [0.4, 0.5) is 5.69 Å². The first-order chi connectivity index (χ1) is 13.6. The number of nitrogens with one attached hydrogen (secondary N) is 2. The Labute approximate surface area is 167 Å². The van der Waals surface area contributed by atoms with Gasteiger partial charge in [0, 0.05) is 18.2 Å². The number of piperidine rings is 1. The summed E-state index contributed by atoms with van der Waals surface area (Å²) in [6.07, 6.45) is 3.73. The first-order valence-electron chi connectivity index (χ1n) is 10.4. The SMILES string of the molecule is CCCCNC(=O)C1CCN(C(C)C(=O)Nc2ccc3ccccc3c2)CC1. The van der Waals surface area contributed by atoms with Crippen molar-refractivity contribution in [2.45, 2.75) is 45.6 Å². The van der Waals surface area contributed by atoms with Gasteiger partial charge in [-0.2, -0.15) is 0 Å². The molecule has 0 aromatic heterocycles. The van der Waals surface area contributed by atoms with Crippen LogP contribution in [0, 0.1) is 5.92 Å². The molecule has 0 radical (unpaired) electrons. The summed E-state index contributed by atoms with van der Waals surface area (Å²) in [6.45, 7) is 6.38. The van der Waals surface area contributed by atoms with E-state index in [0.29, 0.717) is 0 Å². The van der Waals surface area contributed by atoms with Crippen LogP contribution in [0.25, 0.3) is 10.8 Å². The molecule has 1 aliphatic heterocycles. The molecule has 1 atom stereocenters. The Kier molecular flexibility index (Phi) is 7.04. The van der Waals surface area contributed by atoms with E-state index < -0.39 is 0 Å². The Bertz CT molecular complexity index is 812. The molecule has 0 saturated carbocycles. The fourth-order valence-corrected chi connectivity index (χ4v) is 3.76. The first kappa shape index (κ1) is 20.3. The number of hydrogen-bond acceptors (Lipinski definition) is 3. The van der Waals surface area contributed by atoms with Crippen LogP contribution in [0.3, 0.4) is 0 Å². The minimum atomic E-state index is -0.212.